The van der Waals surface area contributed by atoms with Crippen LogP contribution in [0.1, 0.15) is 18.2 Å². The molecule has 0 saturated carbocycles. The van der Waals surface area contributed by atoms with Gasteiger partial charge in [-0.15, -0.1) is 24.0 Å². The van der Waals surface area contributed by atoms with Crippen molar-refractivity contribution in [3.05, 3.63) is 66.1 Å². The van der Waals surface area contributed by atoms with Crippen molar-refractivity contribution in [2.45, 2.75) is 19.9 Å². The molecule has 1 aromatic heterocycles. The first-order valence-electron chi connectivity index (χ1n) is 10.3. The van der Waals surface area contributed by atoms with Crippen molar-refractivity contribution < 1.29 is 13.9 Å². The van der Waals surface area contributed by atoms with Gasteiger partial charge in [0.15, 0.2) is 17.5 Å². The third-order valence-corrected chi connectivity index (χ3v) is 4.84. The Morgan fingerprint density at radius 1 is 1.09 bits per heavy atom. The topological polar surface area (TPSA) is 72.1 Å². The Balaban J connectivity index is 0.00000363. The number of likely N-dealkylation sites (N-methyl/N-ethyl adjacent to an activating group) is 1. The first kappa shape index (κ1) is 25.5. The number of hydrogen-bond donors (Lipinski definition) is 1. The number of nitrogens with one attached hydrogen (secondary N) is 1. The van der Waals surface area contributed by atoms with E-state index in [1.54, 1.807) is 20.5 Å². The van der Waals surface area contributed by atoms with Crippen LogP contribution in [0.15, 0.2) is 64.2 Å². The van der Waals surface area contributed by atoms with Crippen molar-refractivity contribution in [3.63, 3.8) is 0 Å². The van der Waals surface area contributed by atoms with Gasteiger partial charge in [-0.05, 0) is 43.2 Å². The van der Waals surface area contributed by atoms with E-state index in [0.29, 0.717) is 12.4 Å². The average molecular weight is 550 g/mol. The molecule has 0 fully saturated rings. The minimum atomic E-state index is 0. The molecule has 0 atom stereocenters. The smallest absolute Gasteiger partial charge is 0.226 e. The standard InChI is InChI=1S/C24H30N4O3.HI/c1-5-25-24(26-16-20-17-31-23(27-20)19-9-7-6-8-10-19)28(2)14-13-18-11-12-21(29-3)22(15-18)30-4;/h6-12,15,17H,5,13-14,16H2,1-4H3,(H,25,26);1H. The number of hydrogen-bond acceptors (Lipinski definition) is 5. The monoisotopic (exact) mass is 550 g/mol. The van der Waals surface area contributed by atoms with E-state index in [0.717, 1.165) is 48.2 Å². The van der Waals surface area contributed by atoms with Crippen LogP contribution in [0.4, 0.5) is 0 Å². The van der Waals surface area contributed by atoms with Gasteiger partial charge in [0.1, 0.15) is 12.0 Å². The maximum Gasteiger partial charge on any atom is 0.226 e. The molecule has 0 amide bonds. The van der Waals surface area contributed by atoms with E-state index in [1.807, 2.05) is 49.5 Å². The Morgan fingerprint density at radius 3 is 2.53 bits per heavy atom. The second-order valence-corrected chi connectivity index (χ2v) is 7.04. The van der Waals surface area contributed by atoms with Crippen LogP contribution in [-0.2, 0) is 13.0 Å². The molecule has 0 aliphatic rings. The van der Waals surface area contributed by atoms with Gasteiger partial charge in [0, 0.05) is 25.7 Å². The first-order valence-corrected chi connectivity index (χ1v) is 10.3. The third kappa shape index (κ3) is 6.88. The second kappa shape index (κ2) is 12.9. The summed E-state index contributed by atoms with van der Waals surface area (Å²) in [6, 6.07) is 15.9. The molecule has 2 aromatic carbocycles. The van der Waals surface area contributed by atoms with Gasteiger partial charge in [0.2, 0.25) is 5.89 Å². The first-order chi connectivity index (χ1) is 15.1. The molecule has 0 unspecified atom stereocenters. The van der Waals surface area contributed by atoms with Crippen molar-refractivity contribution in [3.8, 4) is 23.0 Å². The van der Waals surface area contributed by atoms with Gasteiger partial charge in [-0.25, -0.2) is 9.98 Å². The number of aliphatic imine (C=N–C) groups is 1. The Morgan fingerprint density at radius 2 is 1.84 bits per heavy atom. The minimum absolute atomic E-state index is 0. The van der Waals surface area contributed by atoms with Gasteiger partial charge in [-0.2, -0.15) is 0 Å². The van der Waals surface area contributed by atoms with E-state index in [4.69, 9.17) is 18.9 Å². The van der Waals surface area contributed by atoms with Crippen molar-refractivity contribution >= 4 is 29.9 Å². The predicted molar refractivity (Wildman–Crippen MR) is 138 cm³/mol. The normalized spacial score (nSPS) is 10.9. The summed E-state index contributed by atoms with van der Waals surface area (Å²) in [5, 5.41) is 3.34. The Labute approximate surface area is 206 Å². The second-order valence-electron chi connectivity index (χ2n) is 7.04. The van der Waals surface area contributed by atoms with Crippen molar-refractivity contribution in [1.29, 1.82) is 0 Å². The van der Waals surface area contributed by atoms with E-state index in [9.17, 15) is 0 Å². The fourth-order valence-electron chi connectivity index (χ4n) is 3.16. The highest BCUT2D eigenvalue weighted by molar-refractivity contribution is 14.0. The van der Waals surface area contributed by atoms with Gasteiger partial charge in [0.05, 0.1) is 20.8 Å². The van der Waals surface area contributed by atoms with Gasteiger partial charge >= 0.3 is 0 Å². The molecule has 172 valence electrons. The molecule has 0 bridgehead atoms. The summed E-state index contributed by atoms with van der Waals surface area (Å²) >= 11 is 0. The van der Waals surface area contributed by atoms with Crippen LogP contribution in [-0.4, -0.2) is 50.2 Å². The molecule has 0 aliphatic carbocycles. The summed E-state index contributed by atoms with van der Waals surface area (Å²) in [4.78, 5) is 11.4. The van der Waals surface area contributed by atoms with Crippen LogP contribution < -0.4 is 14.8 Å². The molecule has 1 N–H and O–H groups in total. The Kier molecular flexibility index (Phi) is 10.3. The van der Waals surface area contributed by atoms with Crippen LogP contribution >= 0.6 is 24.0 Å². The Hall–Kier alpha value is -2.75. The average Bonchev–Trinajstić information content (AvgIpc) is 3.29. The number of oxazole rings is 1. The largest absolute Gasteiger partial charge is 0.493 e. The number of guanidine groups is 1. The lowest BCUT2D eigenvalue weighted by atomic mass is 10.1. The van der Waals surface area contributed by atoms with Gasteiger partial charge in [-0.3, -0.25) is 0 Å². The summed E-state index contributed by atoms with van der Waals surface area (Å²) < 4.78 is 16.3. The maximum absolute atomic E-state index is 5.61. The number of nitrogens with zero attached hydrogens (tertiary/aromatic N) is 3. The molecule has 0 aliphatic heterocycles. The van der Waals surface area contributed by atoms with E-state index in [1.165, 1.54) is 5.56 Å². The summed E-state index contributed by atoms with van der Waals surface area (Å²) in [5.41, 5.74) is 2.92. The lowest BCUT2D eigenvalue weighted by Crippen LogP contribution is -2.40. The highest BCUT2D eigenvalue weighted by Crippen LogP contribution is 2.27. The molecule has 1 heterocycles. The lowest BCUT2D eigenvalue weighted by Gasteiger charge is -2.22. The number of aromatic nitrogens is 1. The van der Waals surface area contributed by atoms with E-state index in [2.05, 4.69) is 28.2 Å². The van der Waals surface area contributed by atoms with Crippen LogP contribution in [0.25, 0.3) is 11.5 Å². The summed E-state index contributed by atoms with van der Waals surface area (Å²) in [5.74, 6) is 2.91. The zero-order valence-corrected chi connectivity index (χ0v) is 21.3. The number of benzene rings is 2. The van der Waals surface area contributed by atoms with Crippen molar-refractivity contribution in [1.82, 2.24) is 15.2 Å². The predicted octanol–water partition coefficient (Wildman–Crippen LogP) is 4.62. The summed E-state index contributed by atoms with van der Waals surface area (Å²) in [6.45, 7) is 4.09. The van der Waals surface area contributed by atoms with Crippen LogP contribution in [0.5, 0.6) is 11.5 Å². The lowest BCUT2D eigenvalue weighted by molar-refractivity contribution is 0.354. The molecular formula is C24H31IN4O3. The highest BCUT2D eigenvalue weighted by atomic mass is 127. The van der Waals surface area contributed by atoms with Gasteiger partial charge < -0.3 is 24.1 Å². The van der Waals surface area contributed by atoms with E-state index < -0.39 is 0 Å². The molecule has 7 nitrogen and oxygen atoms in total. The molecule has 0 radical (unpaired) electrons. The fraction of sp³-hybridized carbons (Fsp3) is 0.333. The molecule has 0 spiro atoms. The maximum atomic E-state index is 5.61. The number of ether oxygens (including phenoxy) is 2. The van der Waals surface area contributed by atoms with Crippen molar-refractivity contribution in [2.24, 2.45) is 4.99 Å². The quantitative estimate of drug-likeness (QED) is 0.238. The van der Waals surface area contributed by atoms with Gasteiger partial charge in [0.25, 0.3) is 0 Å². The molecule has 3 rings (SSSR count). The number of rotatable bonds is 9. The zero-order valence-electron chi connectivity index (χ0n) is 19.0. The van der Waals surface area contributed by atoms with E-state index in [-0.39, 0.29) is 24.0 Å². The van der Waals surface area contributed by atoms with Crippen molar-refractivity contribution in [2.75, 3.05) is 34.4 Å². The fourth-order valence-corrected chi connectivity index (χ4v) is 3.16. The molecule has 3 aromatic rings. The molecule has 0 saturated heterocycles. The summed E-state index contributed by atoms with van der Waals surface area (Å²) in [6.07, 6.45) is 2.52. The van der Waals surface area contributed by atoms with Crippen LogP contribution in [0, 0.1) is 0 Å². The zero-order chi connectivity index (χ0) is 22.1. The molecular weight excluding hydrogens is 519 g/mol. The highest BCUT2D eigenvalue weighted by Gasteiger charge is 2.10. The van der Waals surface area contributed by atoms with Crippen LogP contribution in [0.3, 0.4) is 0 Å². The SMILES string of the molecule is CCNC(=NCc1coc(-c2ccccc2)n1)N(C)CCc1ccc(OC)c(OC)c1.I. The Bertz CT molecular complexity index is 992. The molecule has 32 heavy (non-hydrogen) atoms. The number of halogens is 1. The van der Waals surface area contributed by atoms with E-state index >= 15 is 0 Å². The van der Waals surface area contributed by atoms with Gasteiger partial charge in [-0.1, -0.05) is 24.3 Å². The third-order valence-electron chi connectivity index (χ3n) is 4.84. The minimum Gasteiger partial charge on any atom is -0.493 e. The molecule has 8 heteroatoms. The van der Waals surface area contributed by atoms with Crippen LogP contribution in [0.2, 0.25) is 0 Å². The number of methoxy groups -OCH3 is 2. The summed E-state index contributed by atoms with van der Waals surface area (Å²) in [7, 11) is 5.32.